The molecule has 0 spiro atoms. The molecule has 0 nitrogen and oxygen atoms in total. The van der Waals surface area contributed by atoms with Gasteiger partial charge in [0.05, 0.1) is 0 Å². The zero-order valence-corrected chi connectivity index (χ0v) is 14.1. The van der Waals surface area contributed by atoms with Crippen LogP contribution in [0.2, 0.25) is 0 Å². The van der Waals surface area contributed by atoms with Gasteiger partial charge in [-0.25, -0.2) is 0 Å². The molecule has 0 N–H and O–H groups in total. The smallest absolute Gasteiger partial charge is 0 e. The Labute approximate surface area is 130 Å². The molecule has 1 aromatic rings. The van der Waals surface area contributed by atoms with Crippen LogP contribution in [0.4, 0.5) is 0 Å². The zero-order valence-electron chi connectivity index (χ0n) is 11.2. The normalized spacial score (nSPS) is 5.62. The second-order valence-corrected chi connectivity index (χ2v) is 2.36. The first-order chi connectivity index (χ1) is 6.83. The van der Waals surface area contributed by atoms with Crippen molar-refractivity contribution in [2.45, 2.75) is 55.4 Å². The van der Waals surface area contributed by atoms with E-state index < -0.39 is 0 Å². The molecule has 95 valence electrons. The average Bonchev–Trinajstić information content (AvgIpc) is 2.26. The van der Waals surface area contributed by atoms with E-state index in [2.05, 4.69) is 19.9 Å². The van der Waals surface area contributed by atoms with Crippen molar-refractivity contribution in [2.24, 2.45) is 0 Å². The van der Waals surface area contributed by atoms with Crippen molar-refractivity contribution in [3.63, 3.8) is 0 Å². The van der Waals surface area contributed by atoms with Crippen LogP contribution in [0, 0.1) is 12.5 Å². The van der Waals surface area contributed by atoms with E-state index in [1.54, 1.807) is 0 Å². The molecular weight excluding hydrogens is 269 g/mol. The molecule has 0 atom stereocenters. The monoisotopic (exact) mass is 299 g/mol. The van der Waals surface area contributed by atoms with Crippen LogP contribution in [0.5, 0.6) is 0 Å². The van der Waals surface area contributed by atoms with Gasteiger partial charge in [-0.15, -0.1) is 0 Å². The van der Waals surface area contributed by atoms with E-state index in [1.165, 1.54) is 6.42 Å². The standard InChI is InChI=1S/C6H5.C3H8.C3H7.C2H6.CH4.Y/c1-2-4-6-5-3-1;2*1-3-2;1-2;;/h1-5H;3H2,1-2H3;3H,1-2H3;1-2H3;1H4;/q-1;;-1;;;. The van der Waals surface area contributed by atoms with Gasteiger partial charge in [0.2, 0.25) is 0 Å². The summed E-state index contributed by atoms with van der Waals surface area (Å²) < 4.78 is 0. The van der Waals surface area contributed by atoms with Gasteiger partial charge >= 0.3 is 0 Å². The van der Waals surface area contributed by atoms with Gasteiger partial charge in [0, 0.05) is 32.7 Å². The van der Waals surface area contributed by atoms with Crippen LogP contribution in [-0.4, -0.2) is 0 Å². The molecule has 0 saturated heterocycles. The second-order valence-electron chi connectivity index (χ2n) is 2.36. The van der Waals surface area contributed by atoms with E-state index in [0.29, 0.717) is 0 Å². The van der Waals surface area contributed by atoms with E-state index in [4.69, 9.17) is 0 Å². The maximum Gasteiger partial charge on any atom is 0 e. The quantitative estimate of drug-likeness (QED) is 0.532. The third-order valence-electron chi connectivity index (χ3n) is 0.607. The van der Waals surface area contributed by atoms with Gasteiger partial charge in [-0.05, 0) is 0 Å². The van der Waals surface area contributed by atoms with Crippen molar-refractivity contribution in [2.75, 3.05) is 0 Å². The van der Waals surface area contributed by atoms with E-state index in [1.807, 2.05) is 64.4 Å². The summed E-state index contributed by atoms with van der Waals surface area (Å²) in [4.78, 5) is 0. The molecule has 0 unspecified atom stereocenters. The van der Waals surface area contributed by atoms with E-state index in [0.717, 1.165) is 0 Å². The van der Waals surface area contributed by atoms with E-state index >= 15 is 0 Å². The Morgan fingerprint density at radius 3 is 1.25 bits per heavy atom. The topological polar surface area (TPSA) is 0 Å². The van der Waals surface area contributed by atoms with Crippen LogP contribution in [-0.2, 0) is 32.7 Å². The summed E-state index contributed by atoms with van der Waals surface area (Å²) in [5.74, 6) is 0. The van der Waals surface area contributed by atoms with Gasteiger partial charge in [-0.3, -0.25) is 0 Å². The molecule has 0 aliphatic rings. The Balaban J connectivity index is -0.0000000359. The molecule has 1 aromatic carbocycles. The first-order valence-electron chi connectivity index (χ1n) is 5.48. The van der Waals surface area contributed by atoms with Gasteiger partial charge in [0.25, 0.3) is 0 Å². The van der Waals surface area contributed by atoms with Crippen LogP contribution < -0.4 is 0 Å². The maximum atomic E-state index is 2.89. The zero-order chi connectivity index (χ0) is 11.7. The SMILES string of the molecule is C.CC.CCC.C[CH-]C.[Y].[c-]1ccccc1. The molecule has 0 aromatic heterocycles. The van der Waals surface area contributed by atoms with Crippen LogP contribution in [0.1, 0.15) is 55.4 Å². The van der Waals surface area contributed by atoms with Gasteiger partial charge in [-0.1, -0.05) is 41.5 Å². The van der Waals surface area contributed by atoms with Crippen molar-refractivity contribution in [1.82, 2.24) is 0 Å². The third-order valence-corrected chi connectivity index (χ3v) is 0.607. The van der Waals surface area contributed by atoms with Crippen LogP contribution in [0.25, 0.3) is 0 Å². The molecule has 0 aliphatic heterocycles. The first kappa shape index (κ1) is 29.9. The fraction of sp³-hybridized carbons (Fsp3) is 0.533. The fourth-order valence-corrected chi connectivity index (χ4v) is 0.342. The molecule has 0 amide bonds. The van der Waals surface area contributed by atoms with Crippen LogP contribution >= 0.6 is 0 Å². The molecule has 0 fully saturated rings. The molecule has 0 heterocycles. The molecule has 1 radical (unpaired) electrons. The van der Waals surface area contributed by atoms with Crippen LogP contribution in [0.15, 0.2) is 30.3 Å². The Kier molecular flexibility index (Phi) is 84.8. The summed E-state index contributed by atoms with van der Waals surface area (Å²) in [6.07, 6.45) is 3.25. The molecule has 16 heavy (non-hydrogen) atoms. The second kappa shape index (κ2) is 45.4. The van der Waals surface area contributed by atoms with Crippen molar-refractivity contribution < 1.29 is 32.7 Å². The predicted molar refractivity (Wildman–Crippen MR) is 75.0 cm³/mol. The van der Waals surface area contributed by atoms with Gasteiger partial charge in [0.1, 0.15) is 0 Å². The summed E-state index contributed by atoms with van der Waals surface area (Å²) in [6, 6.07) is 12.5. The fourth-order valence-electron chi connectivity index (χ4n) is 0.342. The maximum absolute atomic E-state index is 2.89. The minimum Gasteiger partial charge on any atom is -0.335 e. The number of benzene rings is 1. The van der Waals surface area contributed by atoms with Crippen molar-refractivity contribution >= 4 is 0 Å². The molecule has 1 heteroatoms. The Morgan fingerprint density at radius 2 is 1.19 bits per heavy atom. The third kappa shape index (κ3) is 63.6. The molecule has 1 rings (SSSR count). The van der Waals surface area contributed by atoms with Crippen molar-refractivity contribution in [3.8, 4) is 0 Å². The molecular formula is C15H30Y-2. The predicted octanol–water partition coefficient (Wildman–Crippen LogP) is 5.79. The van der Waals surface area contributed by atoms with Gasteiger partial charge < -0.3 is 6.42 Å². The summed E-state index contributed by atoms with van der Waals surface area (Å²) in [7, 11) is 0. The minimum absolute atomic E-state index is 0. The summed E-state index contributed by atoms with van der Waals surface area (Å²) in [5, 5.41) is 0. The summed E-state index contributed by atoms with van der Waals surface area (Å²) in [6.45, 7) is 12.2. The summed E-state index contributed by atoms with van der Waals surface area (Å²) in [5.41, 5.74) is 0. The van der Waals surface area contributed by atoms with Crippen molar-refractivity contribution in [3.05, 3.63) is 42.8 Å². The number of hydrogen-bond acceptors (Lipinski definition) is 0. The first-order valence-corrected chi connectivity index (χ1v) is 5.48. The number of hydrogen-bond donors (Lipinski definition) is 0. The molecule has 0 bridgehead atoms. The van der Waals surface area contributed by atoms with Crippen molar-refractivity contribution in [1.29, 1.82) is 0 Å². The van der Waals surface area contributed by atoms with E-state index in [-0.39, 0.29) is 40.1 Å². The largest absolute Gasteiger partial charge is 0.335 e. The Morgan fingerprint density at radius 1 is 0.938 bits per heavy atom. The summed E-state index contributed by atoms with van der Waals surface area (Å²) >= 11 is 0. The Bertz CT molecular complexity index is 97.4. The Hall–Kier alpha value is 0.324. The number of rotatable bonds is 0. The average molecular weight is 299 g/mol. The van der Waals surface area contributed by atoms with Crippen LogP contribution in [0.3, 0.4) is 0 Å². The molecule has 0 saturated carbocycles. The molecule has 0 aliphatic carbocycles. The van der Waals surface area contributed by atoms with E-state index in [9.17, 15) is 0 Å². The van der Waals surface area contributed by atoms with Gasteiger partial charge in [-0.2, -0.15) is 50.2 Å². The minimum atomic E-state index is 0. The van der Waals surface area contributed by atoms with Gasteiger partial charge in [0.15, 0.2) is 0 Å².